The van der Waals surface area contributed by atoms with Gasteiger partial charge in [0.05, 0.1) is 15.8 Å². The zero-order valence-corrected chi connectivity index (χ0v) is 17.0. The standard InChI is InChI=1S/C23H26N2O2S/c1-24-20(28)23(18-10-7-15-25-16-18)12-6-5-11-19(23)27-21(26)22(13-14-22)17-8-3-2-4-9-17/h2-4,7-10,15-16,19H,5-6,11-14H2,1H3,(H,24,28)/t19-,23+/m1/s1. The van der Waals surface area contributed by atoms with Gasteiger partial charge in [0.2, 0.25) is 0 Å². The molecule has 0 unspecified atom stereocenters. The molecule has 28 heavy (non-hydrogen) atoms. The SMILES string of the molecule is CNC(=S)[C@]1(c2cccnc2)CCCC[C@H]1OC(=O)C1(c2ccccc2)CC1. The van der Waals surface area contributed by atoms with Crippen LogP contribution in [0.15, 0.2) is 54.9 Å². The van der Waals surface area contributed by atoms with Gasteiger partial charge in [-0.2, -0.15) is 0 Å². The molecule has 0 bridgehead atoms. The Bertz CT molecular complexity index is 851. The molecule has 2 fully saturated rings. The molecule has 2 saturated carbocycles. The highest BCUT2D eigenvalue weighted by molar-refractivity contribution is 7.80. The maximum Gasteiger partial charge on any atom is 0.316 e. The minimum atomic E-state index is -0.515. The topological polar surface area (TPSA) is 51.2 Å². The van der Waals surface area contributed by atoms with Gasteiger partial charge in [0.15, 0.2) is 0 Å². The van der Waals surface area contributed by atoms with Crippen molar-refractivity contribution in [2.75, 3.05) is 7.05 Å². The molecule has 4 rings (SSSR count). The molecule has 0 amide bonds. The van der Waals surface area contributed by atoms with Crippen molar-refractivity contribution in [3.8, 4) is 0 Å². The third-order valence-corrected chi connectivity index (χ3v) is 6.93. The number of hydrogen-bond donors (Lipinski definition) is 1. The summed E-state index contributed by atoms with van der Waals surface area (Å²) < 4.78 is 6.27. The maximum absolute atomic E-state index is 13.3. The number of esters is 1. The number of rotatable bonds is 5. The number of nitrogens with one attached hydrogen (secondary N) is 1. The first-order chi connectivity index (χ1) is 13.6. The Morgan fingerprint density at radius 2 is 1.86 bits per heavy atom. The third-order valence-electron chi connectivity index (χ3n) is 6.36. The predicted molar refractivity (Wildman–Crippen MR) is 113 cm³/mol. The highest BCUT2D eigenvalue weighted by Gasteiger charge is 2.56. The molecule has 1 aromatic carbocycles. The van der Waals surface area contributed by atoms with Crippen LogP contribution in [0.4, 0.5) is 0 Å². The Morgan fingerprint density at radius 3 is 2.50 bits per heavy atom. The maximum atomic E-state index is 13.3. The smallest absolute Gasteiger partial charge is 0.316 e. The molecule has 0 saturated heterocycles. The summed E-state index contributed by atoms with van der Waals surface area (Å²) in [4.78, 5) is 18.4. The van der Waals surface area contributed by atoms with Gasteiger partial charge in [-0.25, -0.2) is 0 Å². The molecule has 146 valence electrons. The van der Waals surface area contributed by atoms with Crippen molar-refractivity contribution in [2.24, 2.45) is 0 Å². The van der Waals surface area contributed by atoms with E-state index in [1.54, 1.807) is 6.20 Å². The number of carbonyl (C=O) groups is 1. The molecule has 2 aliphatic carbocycles. The first-order valence-electron chi connectivity index (χ1n) is 10.0. The summed E-state index contributed by atoms with van der Waals surface area (Å²) in [5, 5.41) is 3.18. The van der Waals surface area contributed by atoms with Crippen molar-refractivity contribution in [3.63, 3.8) is 0 Å². The minimum absolute atomic E-state index is 0.113. The summed E-state index contributed by atoms with van der Waals surface area (Å²) in [6, 6.07) is 14.0. The van der Waals surface area contributed by atoms with E-state index in [1.165, 1.54) is 0 Å². The summed E-state index contributed by atoms with van der Waals surface area (Å²) in [5.74, 6) is -0.113. The lowest BCUT2D eigenvalue weighted by molar-refractivity contribution is -0.156. The molecule has 0 spiro atoms. The second-order valence-corrected chi connectivity index (χ2v) is 8.29. The van der Waals surface area contributed by atoms with E-state index in [9.17, 15) is 4.79 Å². The van der Waals surface area contributed by atoms with Crippen LogP contribution in [0.2, 0.25) is 0 Å². The minimum Gasteiger partial charge on any atom is -0.460 e. The van der Waals surface area contributed by atoms with Crippen molar-refractivity contribution < 1.29 is 9.53 Å². The Labute approximate surface area is 171 Å². The van der Waals surface area contributed by atoms with Gasteiger partial charge in [0.1, 0.15) is 6.10 Å². The van der Waals surface area contributed by atoms with E-state index >= 15 is 0 Å². The number of carbonyl (C=O) groups excluding carboxylic acids is 1. The van der Waals surface area contributed by atoms with E-state index in [0.717, 1.165) is 54.6 Å². The van der Waals surface area contributed by atoms with E-state index in [0.29, 0.717) is 0 Å². The highest BCUT2D eigenvalue weighted by Crippen LogP contribution is 2.51. The Balaban J connectivity index is 1.67. The zero-order chi connectivity index (χ0) is 19.6. The lowest BCUT2D eigenvalue weighted by Crippen LogP contribution is -2.54. The third kappa shape index (κ3) is 3.12. The van der Waals surface area contributed by atoms with Gasteiger partial charge in [-0.1, -0.05) is 55.0 Å². The first kappa shape index (κ1) is 19.1. The summed E-state index contributed by atoms with van der Waals surface area (Å²) >= 11 is 5.77. The fraction of sp³-hybridized carbons (Fsp3) is 0.435. The van der Waals surface area contributed by atoms with Crippen molar-refractivity contribution >= 4 is 23.2 Å². The van der Waals surface area contributed by atoms with Crippen LogP contribution < -0.4 is 5.32 Å². The second kappa shape index (κ2) is 7.63. The van der Waals surface area contributed by atoms with Gasteiger partial charge >= 0.3 is 5.97 Å². The predicted octanol–water partition coefficient (Wildman–Crippen LogP) is 4.08. The summed E-state index contributed by atoms with van der Waals surface area (Å²) in [6.45, 7) is 0. The molecule has 1 aromatic heterocycles. The normalized spacial score (nSPS) is 25.5. The molecule has 1 heterocycles. The number of ether oxygens (including phenoxy) is 1. The largest absolute Gasteiger partial charge is 0.460 e. The number of aromatic nitrogens is 1. The van der Waals surface area contributed by atoms with Crippen LogP contribution >= 0.6 is 12.2 Å². The molecular weight excluding hydrogens is 368 g/mol. The summed E-state index contributed by atoms with van der Waals surface area (Å²) in [7, 11) is 1.85. The van der Waals surface area contributed by atoms with Crippen molar-refractivity contribution in [1.82, 2.24) is 10.3 Å². The van der Waals surface area contributed by atoms with E-state index in [-0.39, 0.29) is 12.1 Å². The summed E-state index contributed by atoms with van der Waals surface area (Å²) in [6.07, 6.45) is 8.79. The van der Waals surface area contributed by atoms with Gasteiger partial charge in [-0.05, 0) is 49.3 Å². The van der Waals surface area contributed by atoms with Crippen molar-refractivity contribution in [3.05, 3.63) is 66.0 Å². The highest BCUT2D eigenvalue weighted by atomic mass is 32.1. The van der Waals surface area contributed by atoms with Crippen LogP contribution in [0.25, 0.3) is 0 Å². The lowest BCUT2D eigenvalue weighted by Gasteiger charge is -2.44. The van der Waals surface area contributed by atoms with Crippen LogP contribution in [0.5, 0.6) is 0 Å². The van der Waals surface area contributed by atoms with Gasteiger partial charge < -0.3 is 10.1 Å². The molecule has 2 atom stereocenters. The molecule has 1 N–H and O–H groups in total. The average molecular weight is 395 g/mol. The fourth-order valence-electron chi connectivity index (χ4n) is 4.61. The van der Waals surface area contributed by atoms with Crippen molar-refractivity contribution in [1.29, 1.82) is 0 Å². The van der Waals surface area contributed by atoms with Crippen LogP contribution in [0.1, 0.15) is 49.7 Å². The molecule has 4 nitrogen and oxygen atoms in total. The molecular formula is C23H26N2O2S. The van der Waals surface area contributed by atoms with Crippen LogP contribution in [0, 0.1) is 0 Å². The Kier molecular flexibility index (Phi) is 5.19. The van der Waals surface area contributed by atoms with Gasteiger partial charge in [-0.15, -0.1) is 0 Å². The average Bonchev–Trinajstić information content (AvgIpc) is 3.57. The van der Waals surface area contributed by atoms with Gasteiger partial charge in [0.25, 0.3) is 0 Å². The van der Waals surface area contributed by atoms with E-state index < -0.39 is 10.8 Å². The molecule has 0 radical (unpaired) electrons. The quantitative estimate of drug-likeness (QED) is 0.612. The van der Waals surface area contributed by atoms with E-state index in [2.05, 4.69) is 10.3 Å². The van der Waals surface area contributed by atoms with E-state index in [1.807, 2.05) is 55.7 Å². The molecule has 5 heteroatoms. The number of hydrogen-bond acceptors (Lipinski definition) is 4. The molecule has 0 aliphatic heterocycles. The number of pyridine rings is 1. The van der Waals surface area contributed by atoms with Gasteiger partial charge in [0, 0.05) is 19.4 Å². The van der Waals surface area contributed by atoms with E-state index in [4.69, 9.17) is 17.0 Å². The fourth-order valence-corrected chi connectivity index (χ4v) is 4.96. The first-order valence-corrected chi connectivity index (χ1v) is 10.4. The number of thiocarbonyl (C=S) groups is 1. The zero-order valence-electron chi connectivity index (χ0n) is 16.2. The Hall–Kier alpha value is -2.27. The summed E-state index contributed by atoms with van der Waals surface area (Å²) in [5.41, 5.74) is 1.08. The number of benzene rings is 1. The number of likely N-dealkylation sites (N-methyl/N-ethyl adjacent to an activating group) is 1. The second-order valence-electron chi connectivity index (χ2n) is 7.88. The van der Waals surface area contributed by atoms with Crippen molar-refractivity contribution in [2.45, 2.75) is 55.5 Å². The number of nitrogens with zero attached hydrogens (tertiary/aromatic N) is 1. The van der Waals surface area contributed by atoms with Crippen LogP contribution in [-0.4, -0.2) is 29.1 Å². The molecule has 2 aliphatic rings. The van der Waals surface area contributed by atoms with Crippen LogP contribution in [0.3, 0.4) is 0 Å². The van der Waals surface area contributed by atoms with Gasteiger partial charge in [-0.3, -0.25) is 9.78 Å². The lowest BCUT2D eigenvalue weighted by atomic mass is 9.67. The molecule has 2 aromatic rings. The van der Waals surface area contributed by atoms with Crippen LogP contribution in [-0.2, 0) is 20.4 Å². The Morgan fingerprint density at radius 1 is 1.11 bits per heavy atom. The monoisotopic (exact) mass is 394 g/mol.